The first-order valence-electron chi connectivity index (χ1n) is 6.40. The molecule has 22 heavy (non-hydrogen) atoms. The Kier molecular flexibility index (Phi) is 4.06. The second-order valence-corrected chi connectivity index (χ2v) is 4.90. The second kappa shape index (κ2) is 6.31. The molecule has 3 aromatic rings. The van der Waals surface area contributed by atoms with Crippen molar-refractivity contribution in [2.45, 2.75) is 6.54 Å². The Balaban J connectivity index is 1.65. The van der Waals surface area contributed by atoms with Gasteiger partial charge in [-0.2, -0.15) is 5.10 Å². The number of carbonyl (C=O) groups is 1. The van der Waals surface area contributed by atoms with Gasteiger partial charge in [-0.3, -0.25) is 9.48 Å². The summed E-state index contributed by atoms with van der Waals surface area (Å²) in [5, 5.41) is 7.12. The minimum absolute atomic E-state index is 0.0721. The van der Waals surface area contributed by atoms with Gasteiger partial charge in [-0.05, 0) is 12.1 Å². The summed E-state index contributed by atoms with van der Waals surface area (Å²) in [6, 6.07) is 3.56. The summed E-state index contributed by atoms with van der Waals surface area (Å²) in [5.41, 5.74) is 1.73. The Morgan fingerprint density at radius 1 is 1.14 bits per heavy atom. The first kappa shape index (κ1) is 14.2. The Morgan fingerprint density at radius 2 is 1.95 bits per heavy atom. The van der Waals surface area contributed by atoms with E-state index in [2.05, 4.69) is 25.4 Å². The minimum Gasteiger partial charge on any atom is -0.309 e. The molecule has 0 aliphatic carbocycles. The van der Waals surface area contributed by atoms with Gasteiger partial charge < -0.3 is 5.32 Å². The van der Waals surface area contributed by atoms with E-state index in [1.807, 2.05) is 6.07 Å². The van der Waals surface area contributed by atoms with Crippen molar-refractivity contribution >= 4 is 23.3 Å². The zero-order valence-corrected chi connectivity index (χ0v) is 12.1. The van der Waals surface area contributed by atoms with Crippen LogP contribution in [0.4, 0.5) is 5.82 Å². The second-order valence-electron chi connectivity index (χ2n) is 4.46. The van der Waals surface area contributed by atoms with Crippen LogP contribution in [0.3, 0.4) is 0 Å². The van der Waals surface area contributed by atoms with Crippen LogP contribution in [0.5, 0.6) is 0 Å². The Labute approximate surface area is 131 Å². The normalized spacial score (nSPS) is 10.4. The minimum atomic E-state index is -0.233. The van der Waals surface area contributed by atoms with Crippen LogP contribution < -0.4 is 5.32 Å². The van der Waals surface area contributed by atoms with E-state index in [9.17, 15) is 4.79 Å². The molecule has 1 amide bonds. The van der Waals surface area contributed by atoms with Crippen molar-refractivity contribution in [3.05, 3.63) is 54.5 Å². The lowest BCUT2D eigenvalue weighted by atomic mass is 10.1. The number of halogens is 1. The molecule has 0 aliphatic rings. The standard InChI is InChI=1S/C14H11ClN6O/c15-12-6-19-21(7-12)8-14(22)20-13-2-1-10(5-18-13)11-3-16-9-17-4-11/h1-7,9H,8H2,(H,18,20,22). The Morgan fingerprint density at radius 3 is 2.59 bits per heavy atom. The predicted octanol–water partition coefficient (Wildman–Crippen LogP) is 2.03. The summed E-state index contributed by atoms with van der Waals surface area (Å²) in [4.78, 5) is 24.0. The van der Waals surface area contributed by atoms with Crippen LogP contribution in [-0.2, 0) is 11.3 Å². The molecule has 0 aromatic carbocycles. The fourth-order valence-corrected chi connectivity index (χ4v) is 2.00. The van der Waals surface area contributed by atoms with Gasteiger partial charge in [0.25, 0.3) is 0 Å². The largest absolute Gasteiger partial charge is 0.309 e. The summed E-state index contributed by atoms with van der Waals surface area (Å²) >= 11 is 5.74. The first-order chi connectivity index (χ1) is 10.7. The third-order valence-electron chi connectivity index (χ3n) is 2.83. The number of nitrogens with zero attached hydrogens (tertiary/aromatic N) is 5. The number of hydrogen-bond donors (Lipinski definition) is 1. The number of amides is 1. The van der Waals surface area contributed by atoms with Crippen molar-refractivity contribution in [3.63, 3.8) is 0 Å². The third kappa shape index (κ3) is 3.44. The van der Waals surface area contributed by atoms with Gasteiger partial charge in [0.15, 0.2) is 0 Å². The fraction of sp³-hybridized carbons (Fsp3) is 0.0714. The zero-order valence-electron chi connectivity index (χ0n) is 11.3. The van der Waals surface area contributed by atoms with E-state index in [-0.39, 0.29) is 12.5 Å². The van der Waals surface area contributed by atoms with Crippen molar-refractivity contribution in [2.75, 3.05) is 5.32 Å². The molecule has 3 aromatic heterocycles. The number of anilines is 1. The molecule has 0 fully saturated rings. The Bertz CT molecular complexity index is 772. The first-order valence-corrected chi connectivity index (χ1v) is 6.78. The van der Waals surface area contributed by atoms with Crippen molar-refractivity contribution in [3.8, 4) is 11.1 Å². The zero-order chi connectivity index (χ0) is 15.4. The molecule has 3 heterocycles. The fourth-order valence-electron chi connectivity index (χ4n) is 1.84. The van der Waals surface area contributed by atoms with E-state index in [0.29, 0.717) is 10.8 Å². The number of aromatic nitrogens is 5. The average Bonchev–Trinajstić information content (AvgIpc) is 2.94. The molecule has 8 heteroatoms. The summed E-state index contributed by atoms with van der Waals surface area (Å²) in [5.74, 6) is 0.229. The molecule has 7 nitrogen and oxygen atoms in total. The van der Waals surface area contributed by atoms with E-state index >= 15 is 0 Å². The van der Waals surface area contributed by atoms with Crippen molar-refractivity contribution in [1.29, 1.82) is 0 Å². The van der Waals surface area contributed by atoms with Gasteiger partial charge in [-0.15, -0.1) is 0 Å². The number of carbonyl (C=O) groups excluding carboxylic acids is 1. The van der Waals surface area contributed by atoms with Crippen LogP contribution in [0.15, 0.2) is 49.4 Å². The molecule has 0 spiro atoms. The quantitative estimate of drug-likeness (QED) is 0.796. The van der Waals surface area contributed by atoms with Crippen molar-refractivity contribution in [2.24, 2.45) is 0 Å². The van der Waals surface area contributed by atoms with Crippen LogP contribution in [0.25, 0.3) is 11.1 Å². The third-order valence-corrected chi connectivity index (χ3v) is 3.03. The maximum Gasteiger partial charge on any atom is 0.247 e. The molecule has 0 aliphatic heterocycles. The summed E-state index contributed by atoms with van der Waals surface area (Å²) in [6.45, 7) is 0.0721. The van der Waals surface area contributed by atoms with E-state index in [1.165, 1.54) is 17.2 Å². The molecule has 0 saturated heterocycles. The average molecular weight is 315 g/mol. The van der Waals surface area contributed by atoms with Crippen molar-refractivity contribution in [1.82, 2.24) is 24.7 Å². The van der Waals surface area contributed by atoms with Gasteiger partial charge in [0.05, 0.1) is 11.2 Å². The lowest BCUT2D eigenvalue weighted by Crippen LogP contribution is -2.19. The smallest absolute Gasteiger partial charge is 0.247 e. The molecule has 0 bridgehead atoms. The van der Waals surface area contributed by atoms with Crippen LogP contribution >= 0.6 is 11.6 Å². The lowest BCUT2D eigenvalue weighted by Gasteiger charge is -2.05. The van der Waals surface area contributed by atoms with Gasteiger partial charge in [0, 0.05) is 35.9 Å². The molecule has 0 saturated carbocycles. The molecule has 1 N–H and O–H groups in total. The van der Waals surface area contributed by atoms with E-state index < -0.39 is 0 Å². The predicted molar refractivity (Wildman–Crippen MR) is 81.1 cm³/mol. The molecule has 0 atom stereocenters. The number of nitrogens with one attached hydrogen (secondary N) is 1. The molecule has 3 rings (SSSR count). The highest BCUT2D eigenvalue weighted by molar-refractivity contribution is 6.30. The highest BCUT2D eigenvalue weighted by Crippen LogP contribution is 2.17. The topological polar surface area (TPSA) is 85.6 Å². The maximum atomic E-state index is 11.9. The molecule has 110 valence electrons. The molecular weight excluding hydrogens is 304 g/mol. The van der Waals surface area contributed by atoms with Gasteiger partial charge in [-0.25, -0.2) is 15.0 Å². The van der Waals surface area contributed by atoms with Crippen LogP contribution in [0.2, 0.25) is 5.02 Å². The van der Waals surface area contributed by atoms with Crippen LogP contribution in [0.1, 0.15) is 0 Å². The van der Waals surface area contributed by atoms with Gasteiger partial charge >= 0.3 is 0 Å². The summed E-state index contributed by atoms with van der Waals surface area (Å²) < 4.78 is 1.45. The van der Waals surface area contributed by atoms with Crippen LogP contribution in [0, 0.1) is 0 Å². The maximum absolute atomic E-state index is 11.9. The summed E-state index contributed by atoms with van der Waals surface area (Å²) in [6.07, 6.45) is 9.57. The van der Waals surface area contributed by atoms with Gasteiger partial charge in [0.2, 0.25) is 5.91 Å². The molecule has 0 radical (unpaired) electrons. The number of pyridine rings is 1. The van der Waals surface area contributed by atoms with Crippen LogP contribution in [-0.4, -0.2) is 30.6 Å². The van der Waals surface area contributed by atoms with Gasteiger partial charge in [0.1, 0.15) is 18.7 Å². The molecule has 0 unspecified atom stereocenters. The van der Waals surface area contributed by atoms with E-state index in [1.54, 1.807) is 30.9 Å². The number of rotatable bonds is 4. The number of hydrogen-bond acceptors (Lipinski definition) is 5. The van der Waals surface area contributed by atoms with E-state index in [0.717, 1.165) is 11.1 Å². The van der Waals surface area contributed by atoms with Gasteiger partial charge in [-0.1, -0.05) is 11.6 Å². The highest BCUT2D eigenvalue weighted by Gasteiger charge is 2.06. The SMILES string of the molecule is O=C(Cn1cc(Cl)cn1)Nc1ccc(-c2cncnc2)cn1. The summed E-state index contributed by atoms with van der Waals surface area (Å²) in [7, 11) is 0. The van der Waals surface area contributed by atoms with Crippen molar-refractivity contribution < 1.29 is 4.79 Å². The van der Waals surface area contributed by atoms with E-state index in [4.69, 9.17) is 11.6 Å². The Hall–Kier alpha value is -2.80. The highest BCUT2D eigenvalue weighted by atomic mass is 35.5. The lowest BCUT2D eigenvalue weighted by molar-refractivity contribution is -0.116. The monoisotopic (exact) mass is 314 g/mol. The molecular formula is C14H11ClN6O.